The number of aromatic nitrogens is 1. The molecule has 5 nitrogen and oxygen atoms in total. The molecule has 39 heavy (non-hydrogen) atoms. The second-order valence-corrected chi connectivity index (χ2v) is 10.4. The van der Waals surface area contributed by atoms with Crippen LogP contribution in [0.15, 0.2) is 79.0 Å². The van der Waals surface area contributed by atoms with Crippen LogP contribution in [0.25, 0.3) is 10.9 Å². The number of rotatable bonds is 6. The van der Waals surface area contributed by atoms with Crippen LogP contribution in [0.4, 0.5) is 24.5 Å². The third kappa shape index (κ3) is 5.13. The molecule has 6 rings (SSSR count). The number of hydrogen-bond acceptors (Lipinski definition) is 4. The molecule has 4 aromatic rings. The summed E-state index contributed by atoms with van der Waals surface area (Å²) in [5, 5.41) is 4.73. The van der Waals surface area contributed by atoms with Gasteiger partial charge in [0.2, 0.25) is 0 Å². The molecule has 2 unspecified atom stereocenters. The topological polar surface area (TPSA) is 51.4 Å². The molecule has 2 N–H and O–H groups in total. The van der Waals surface area contributed by atoms with Crippen LogP contribution in [0.1, 0.15) is 23.1 Å². The van der Waals surface area contributed by atoms with Crippen molar-refractivity contribution in [2.75, 3.05) is 36.4 Å². The average molecular weight is 533 g/mol. The van der Waals surface area contributed by atoms with Gasteiger partial charge in [0.05, 0.1) is 11.6 Å². The molecule has 1 aromatic heterocycles. The van der Waals surface area contributed by atoms with Crippen LogP contribution < -0.4 is 10.2 Å². The number of H-pyrrole nitrogens is 1. The number of alkyl halides is 3. The summed E-state index contributed by atoms with van der Waals surface area (Å²) >= 11 is 0. The van der Waals surface area contributed by atoms with Gasteiger partial charge in [-0.15, -0.1) is 0 Å². The van der Waals surface area contributed by atoms with Crippen LogP contribution in [0.5, 0.6) is 0 Å². The van der Waals surface area contributed by atoms with Crippen LogP contribution in [0, 0.1) is 0 Å². The second-order valence-electron chi connectivity index (χ2n) is 10.4. The number of aryl methyl sites for hydroxylation is 1. The monoisotopic (exact) mass is 532 g/mol. The van der Waals surface area contributed by atoms with Crippen molar-refractivity contribution in [3.63, 3.8) is 0 Å². The highest BCUT2D eigenvalue weighted by Crippen LogP contribution is 2.34. The number of piperazine rings is 1. The molecule has 8 heteroatoms. The molecule has 0 amide bonds. The van der Waals surface area contributed by atoms with Gasteiger partial charge in [0.15, 0.2) is 5.78 Å². The maximum Gasteiger partial charge on any atom is 0.416 e. The Morgan fingerprint density at radius 2 is 1.69 bits per heavy atom. The summed E-state index contributed by atoms with van der Waals surface area (Å²) in [6.07, 6.45) is -1.24. The Hall–Kier alpha value is -3.78. The molecule has 0 saturated carbocycles. The first-order valence-corrected chi connectivity index (χ1v) is 13.5. The molecule has 0 spiro atoms. The van der Waals surface area contributed by atoms with E-state index in [9.17, 15) is 18.0 Å². The third-order valence-electron chi connectivity index (χ3n) is 8.10. The van der Waals surface area contributed by atoms with E-state index in [0.717, 1.165) is 54.3 Å². The Labute approximate surface area is 225 Å². The zero-order valence-corrected chi connectivity index (χ0v) is 21.5. The van der Waals surface area contributed by atoms with Crippen molar-refractivity contribution in [1.82, 2.24) is 9.88 Å². The van der Waals surface area contributed by atoms with E-state index in [-0.39, 0.29) is 23.8 Å². The SMILES string of the molecule is O=C(Cc1ccccc1C(F)(F)F)C(C1CCc2ccccc2N1)N1CCN(c2cccc3[nH]ccc23)CC1. The lowest BCUT2D eigenvalue weighted by Crippen LogP contribution is -2.59. The van der Waals surface area contributed by atoms with Crippen molar-refractivity contribution >= 4 is 28.1 Å². The summed E-state index contributed by atoms with van der Waals surface area (Å²) in [6.45, 7) is 2.77. The van der Waals surface area contributed by atoms with Gasteiger partial charge in [0, 0.05) is 67.1 Å². The van der Waals surface area contributed by atoms with Crippen molar-refractivity contribution in [2.24, 2.45) is 0 Å². The predicted octanol–water partition coefficient (Wildman–Crippen LogP) is 5.92. The molecule has 3 aromatic carbocycles. The van der Waals surface area contributed by atoms with E-state index in [2.05, 4.69) is 44.4 Å². The maximum absolute atomic E-state index is 13.9. The third-order valence-corrected chi connectivity index (χ3v) is 8.10. The largest absolute Gasteiger partial charge is 0.416 e. The van der Waals surface area contributed by atoms with Gasteiger partial charge in [-0.1, -0.05) is 42.5 Å². The van der Waals surface area contributed by atoms with Crippen LogP contribution in [0.2, 0.25) is 0 Å². The molecule has 1 saturated heterocycles. The Morgan fingerprint density at radius 3 is 2.51 bits per heavy atom. The number of anilines is 2. The number of nitrogens with zero attached hydrogens (tertiary/aromatic N) is 2. The number of hydrogen-bond donors (Lipinski definition) is 2. The average Bonchev–Trinajstić information content (AvgIpc) is 3.43. The highest BCUT2D eigenvalue weighted by Gasteiger charge is 2.39. The molecule has 1 fully saturated rings. The zero-order valence-electron chi connectivity index (χ0n) is 21.5. The van der Waals surface area contributed by atoms with Gasteiger partial charge in [-0.3, -0.25) is 9.69 Å². The standard InChI is InChI=1S/C31H31F3N4O/c32-31(33,34)24-8-3-1-7-22(24)20-29(39)30(27-13-12-21-6-2-4-9-25(21)36-27)38-18-16-37(17-19-38)28-11-5-10-26-23(28)14-15-35-26/h1-11,14-15,27,30,35-36H,12-13,16-20H2. The number of carbonyl (C=O) groups excluding carboxylic acids is 1. The number of para-hydroxylation sites is 1. The molecule has 0 bridgehead atoms. The van der Waals surface area contributed by atoms with E-state index in [1.165, 1.54) is 17.7 Å². The molecule has 3 heterocycles. The summed E-state index contributed by atoms with van der Waals surface area (Å²) in [4.78, 5) is 21.7. The second kappa shape index (κ2) is 10.4. The van der Waals surface area contributed by atoms with Crippen molar-refractivity contribution in [2.45, 2.75) is 37.5 Å². The van der Waals surface area contributed by atoms with E-state index >= 15 is 0 Å². The molecule has 0 radical (unpaired) electrons. The van der Waals surface area contributed by atoms with Gasteiger partial charge in [-0.2, -0.15) is 13.2 Å². The number of halogens is 3. The van der Waals surface area contributed by atoms with Crippen LogP contribution >= 0.6 is 0 Å². The van der Waals surface area contributed by atoms with Gasteiger partial charge in [0.1, 0.15) is 0 Å². The fraction of sp³-hybridized carbons (Fsp3) is 0.323. The van der Waals surface area contributed by atoms with Gasteiger partial charge >= 0.3 is 6.18 Å². The Morgan fingerprint density at radius 1 is 0.923 bits per heavy atom. The summed E-state index contributed by atoms with van der Waals surface area (Å²) in [6, 6.07) is 21.1. The molecule has 202 valence electrons. The highest BCUT2D eigenvalue weighted by atomic mass is 19.4. The molecule has 2 aliphatic heterocycles. The number of carbonyl (C=O) groups is 1. The minimum atomic E-state index is -4.50. The minimum Gasteiger partial charge on any atom is -0.380 e. The Bertz CT molecular complexity index is 1470. The molecule has 0 aliphatic carbocycles. The van der Waals surface area contributed by atoms with Crippen molar-refractivity contribution < 1.29 is 18.0 Å². The lowest BCUT2D eigenvalue weighted by atomic mass is 9.88. The molecular weight excluding hydrogens is 501 g/mol. The van der Waals surface area contributed by atoms with E-state index in [0.29, 0.717) is 13.1 Å². The van der Waals surface area contributed by atoms with Gasteiger partial charge < -0.3 is 15.2 Å². The van der Waals surface area contributed by atoms with Crippen molar-refractivity contribution in [3.8, 4) is 0 Å². The van der Waals surface area contributed by atoms with E-state index in [4.69, 9.17) is 0 Å². The fourth-order valence-corrected chi connectivity index (χ4v) is 6.21. The van der Waals surface area contributed by atoms with Gasteiger partial charge in [0.25, 0.3) is 0 Å². The molecule has 2 aliphatic rings. The Kier molecular flexibility index (Phi) is 6.81. The van der Waals surface area contributed by atoms with Crippen LogP contribution in [-0.2, 0) is 23.8 Å². The first kappa shape index (κ1) is 25.5. The number of Topliss-reactive ketones (excluding diaryl/α,β-unsaturated/α-hetero) is 1. The summed E-state index contributed by atoms with van der Waals surface area (Å²) in [5.41, 5.74) is 3.74. The maximum atomic E-state index is 13.9. The Balaban J connectivity index is 1.26. The first-order chi connectivity index (χ1) is 18.9. The van der Waals surface area contributed by atoms with E-state index < -0.39 is 17.8 Å². The highest BCUT2D eigenvalue weighted by molar-refractivity contribution is 5.92. The molecule has 2 atom stereocenters. The predicted molar refractivity (Wildman–Crippen MR) is 148 cm³/mol. The number of fused-ring (bicyclic) bond motifs is 2. The van der Waals surface area contributed by atoms with Gasteiger partial charge in [-0.25, -0.2) is 0 Å². The van der Waals surface area contributed by atoms with Gasteiger partial charge in [-0.05, 0) is 54.3 Å². The molecular formula is C31H31F3N4O. The van der Waals surface area contributed by atoms with E-state index in [1.807, 2.05) is 30.5 Å². The minimum absolute atomic E-state index is 0.0361. The first-order valence-electron chi connectivity index (χ1n) is 13.5. The van der Waals surface area contributed by atoms with E-state index in [1.54, 1.807) is 6.07 Å². The summed E-state index contributed by atoms with van der Waals surface area (Å²) in [7, 11) is 0. The number of ketones is 1. The number of benzene rings is 3. The lowest BCUT2D eigenvalue weighted by Gasteiger charge is -2.44. The smallest absolute Gasteiger partial charge is 0.380 e. The normalized spacial score (nSPS) is 18.9. The number of nitrogens with one attached hydrogen (secondary N) is 2. The van der Waals surface area contributed by atoms with Crippen LogP contribution in [0.3, 0.4) is 0 Å². The lowest BCUT2D eigenvalue weighted by molar-refractivity contribution is -0.138. The van der Waals surface area contributed by atoms with Crippen molar-refractivity contribution in [3.05, 3.63) is 95.7 Å². The summed E-state index contributed by atoms with van der Waals surface area (Å²) in [5.74, 6) is -0.176. The zero-order chi connectivity index (χ0) is 27.0. The van der Waals surface area contributed by atoms with Crippen molar-refractivity contribution in [1.29, 1.82) is 0 Å². The number of aromatic amines is 1. The fourth-order valence-electron chi connectivity index (χ4n) is 6.21. The summed E-state index contributed by atoms with van der Waals surface area (Å²) < 4.78 is 41.2. The quantitative estimate of drug-likeness (QED) is 0.324. The van der Waals surface area contributed by atoms with Crippen LogP contribution in [-0.4, -0.2) is 53.9 Å².